The molecular formula is C14H21N3O3. The highest BCUT2D eigenvalue weighted by atomic mass is 16.4. The summed E-state index contributed by atoms with van der Waals surface area (Å²) in [5.74, 6) is -1.27. The van der Waals surface area contributed by atoms with Crippen molar-refractivity contribution in [2.45, 2.75) is 46.2 Å². The van der Waals surface area contributed by atoms with E-state index in [1.54, 1.807) is 19.9 Å². The Labute approximate surface area is 118 Å². The average Bonchev–Trinajstić information content (AvgIpc) is 2.26. The van der Waals surface area contributed by atoms with Crippen molar-refractivity contribution in [3.05, 3.63) is 23.5 Å². The molecule has 6 nitrogen and oxygen atoms in total. The van der Waals surface area contributed by atoms with Crippen molar-refractivity contribution in [2.75, 3.05) is 5.32 Å². The first-order valence-electron chi connectivity index (χ1n) is 6.38. The molecule has 1 aromatic heterocycles. The monoisotopic (exact) mass is 279 g/mol. The zero-order valence-electron chi connectivity index (χ0n) is 12.4. The lowest BCUT2D eigenvalue weighted by atomic mass is 10.1. The molecule has 110 valence electrons. The number of nitrogens with zero attached hydrogens (tertiary/aromatic N) is 1. The predicted octanol–water partition coefficient (Wildman–Crippen LogP) is 1.80. The van der Waals surface area contributed by atoms with E-state index in [2.05, 4.69) is 15.6 Å². The summed E-state index contributed by atoms with van der Waals surface area (Å²) in [5, 5.41) is 14.9. The highest BCUT2D eigenvalue weighted by molar-refractivity contribution is 5.95. The lowest BCUT2D eigenvalue weighted by Crippen LogP contribution is -2.47. The number of hydrogen-bond acceptors (Lipinski definition) is 4. The summed E-state index contributed by atoms with van der Waals surface area (Å²) < 4.78 is 0. The fourth-order valence-corrected chi connectivity index (χ4v) is 1.63. The van der Waals surface area contributed by atoms with Gasteiger partial charge in [-0.15, -0.1) is 0 Å². The zero-order valence-corrected chi connectivity index (χ0v) is 12.4. The second-order valence-corrected chi connectivity index (χ2v) is 5.78. The zero-order chi connectivity index (χ0) is 15.5. The van der Waals surface area contributed by atoms with E-state index in [-0.39, 0.29) is 17.0 Å². The topological polar surface area (TPSA) is 91.3 Å². The minimum absolute atomic E-state index is 0.0472. The molecule has 0 aromatic carbocycles. The Kier molecular flexibility index (Phi) is 4.70. The number of carboxylic acid groups (broad SMARTS) is 1. The van der Waals surface area contributed by atoms with Crippen molar-refractivity contribution in [2.24, 2.45) is 0 Å². The number of rotatable bonds is 4. The maximum Gasteiger partial charge on any atom is 0.339 e. The van der Waals surface area contributed by atoms with Gasteiger partial charge in [-0.2, -0.15) is 0 Å². The van der Waals surface area contributed by atoms with Gasteiger partial charge in [0, 0.05) is 17.4 Å². The summed E-state index contributed by atoms with van der Waals surface area (Å²) in [4.78, 5) is 27.1. The smallest absolute Gasteiger partial charge is 0.339 e. The SMILES string of the molecule is Cc1cc(NC(C)C(=O)NC(C)(C)C)c(C(=O)O)cn1. The van der Waals surface area contributed by atoms with Gasteiger partial charge in [-0.25, -0.2) is 4.79 Å². The molecule has 1 aromatic rings. The van der Waals surface area contributed by atoms with Gasteiger partial charge >= 0.3 is 5.97 Å². The van der Waals surface area contributed by atoms with Crippen molar-refractivity contribution < 1.29 is 14.7 Å². The van der Waals surface area contributed by atoms with Gasteiger partial charge in [0.25, 0.3) is 0 Å². The molecular weight excluding hydrogens is 258 g/mol. The highest BCUT2D eigenvalue weighted by Crippen LogP contribution is 2.17. The molecule has 20 heavy (non-hydrogen) atoms. The molecule has 0 spiro atoms. The summed E-state index contributed by atoms with van der Waals surface area (Å²) in [6.07, 6.45) is 1.29. The van der Waals surface area contributed by atoms with Gasteiger partial charge in [-0.05, 0) is 40.7 Å². The minimum Gasteiger partial charge on any atom is -0.478 e. The molecule has 0 saturated carbocycles. The van der Waals surface area contributed by atoms with Crippen LogP contribution >= 0.6 is 0 Å². The number of carbonyl (C=O) groups excluding carboxylic acids is 1. The molecule has 0 bridgehead atoms. The number of aryl methyl sites for hydroxylation is 1. The van der Waals surface area contributed by atoms with E-state index < -0.39 is 12.0 Å². The average molecular weight is 279 g/mol. The van der Waals surface area contributed by atoms with Crippen molar-refractivity contribution in [1.82, 2.24) is 10.3 Å². The van der Waals surface area contributed by atoms with Crippen molar-refractivity contribution in [1.29, 1.82) is 0 Å². The third-order valence-corrected chi connectivity index (χ3v) is 2.53. The van der Waals surface area contributed by atoms with Gasteiger partial charge in [0.05, 0.1) is 5.69 Å². The van der Waals surface area contributed by atoms with Gasteiger partial charge < -0.3 is 15.7 Å². The third kappa shape index (κ3) is 4.53. The van der Waals surface area contributed by atoms with Gasteiger partial charge in [-0.3, -0.25) is 9.78 Å². The van der Waals surface area contributed by atoms with Crippen LogP contribution in [0.1, 0.15) is 43.7 Å². The molecule has 1 unspecified atom stereocenters. The second-order valence-electron chi connectivity index (χ2n) is 5.78. The number of nitrogens with one attached hydrogen (secondary N) is 2. The fourth-order valence-electron chi connectivity index (χ4n) is 1.63. The number of aromatic carboxylic acids is 1. The van der Waals surface area contributed by atoms with E-state index in [1.807, 2.05) is 20.8 Å². The van der Waals surface area contributed by atoms with E-state index in [4.69, 9.17) is 5.11 Å². The van der Waals surface area contributed by atoms with E-state index in [1.165, 1.54) is 6.20 Å². The first kappa shape index (κ1) is 15.9. The number of anilines is 1. The number of pyridine rings is 1. The molecule has 1 heterocycles. The Balaban J connectivity index is 2.90. The molecule has 1 atom stereocenters. The maximum atomic E-state index is 12.0. The molecule has 0 aliphatic heterocycles. The summed E-state index contributed by atoms with van der Waals surface area (Å²) in [5.41, 5.74) is 0.782. The van der Waals surface area contributed by atoms with E-state index in [9.17, 15) is 9.59 Å². The van der Waals surface area contributed by atoms with Crippen LogP contribution in [0, 0.1) is 6.92 Å². The first-order valence-corrected chi connectivity index (χ1v) is 6.38. The van der Waals surface area contributed by atoms with E-state index >= 15 is 0 Å². The van der Waals surface area contributed by atoms with E-state index in [0.29, 0.717) is 11.4 Å². The number of carbonyl (C=O) groups is 2. The lowest BCUT2D eigenvalue weighted by Gasteiger charge is -2.24. The Hall–Kier alpha value is -2.11. The molecule has 1 amide bonds. The Morgan fingerprint density at radius 2 is 1.95 bits per heavy atom. The molecule has 6 heteroatoms. The largest absolute Gasteiger partial charge is 0.478 e. The standard InChI is InChI=1S/C14H21N3O3/c1-8-6-11(10(7-15-8)13(19)20)16-9(2)12(18)17-14(3,4)5/h6-7,9H,1-5H3,(H,15,16)(H,17,18)(H,19,20). The Morgan fingerprint density at radius 1 is 1.35 bits per heavy atom. The number of aromatic nitrogens is 1. The lowest BCUT2D eigenvalue weighted by molar-refractivity contribution is -0.122. The van der Waals surface area contributed by atoms with Crippen LogP contribution in [0.15, 0.2) is 12.3 Å². The van der Waals surface area contributed by atoms with Crippen molar-refractivity contribution in [3.8, 4) is 0 Å². The summed E-state index contributed by atoms with van der Waals surface area (Å²) in [6, 6.07) is 1.07. The molecule has 0 radical (unpaired) electrons. The van der Waals surface area contributed by atoms with Crippen LogP contribution in [0.3, 0.4) is 0 Å². The van der Waals surface area contributed by atoms with Gasteiger partial charge in [0.2, 0.25) is 5.91 Å². The van der Waals surface area contributed by atoms with Crippen LogP contribution < -0.4 is 10.6 Å². The maximum absolute atomic E-state index is 12.0. The second kappa shape index (κ2) is 5.90. The van der Waals surface area contributed by atoms with Crippen molar-refractivity contribution >= 4 is 17.6 Å². The van der Waals surface area contributed by atoms with Crippen LogP contribution in [0.5, 0.6) is 0 Å². The van der Waals surface area contributed by atoms with Crippen LogP contribution in [0.2, 0.25) is 0 Å². The van der Waals surface area contributed by atoms with Gasteiger partial charge in [0.15, 0.2) is 0 Å². The Morgan fingerprint density at radius 3 is 2.45 bits per heavy atom. The number of amides is 1. The molecule has 0 saturated heterocycles. The third-order valence-electron chi connectivity index (χ3n) is 2.53. The molecule has 0 aliphatic rings. The predicted molar refractivity (Wildman–Crippen MR) is 76.9 cm³/mol. The Bertz CT molecular complexity index is 521. The summed E-state index contributed by atoms with van der Waals surface area (Å²) in [6.45, 7) is 9.10. The summed E-state index contributed by atoms with van der Waals surface area (Å²) >= 11 is 0. The quantitative estimate of drug-likeness (QED) is 0.781. The van der Waals surface area contributed by atoms with Gasteiger partial charge in [-0.1, -0.05) is 0 Å². The van der Waals surface area contributed by atoms with Gasteiger partial charge in [0.1, 0.15) is 11.6 Å². The summed E-state index contributed by atoms with van der Waals surface area (Å²) in [7, 11) is 0. The van der Waals surface area contributed by atoms with Crippen LogP contribution in [0.4, 0.5) is 5.69 Å². The molecule has 0 fully saturated rings. The molecule has 1 rings (SSSR count). The highest BCUT2D eigenvalue weighted by Gasteiger charge is 2.21. The minimum atomic E-state index is -1.08. The normalized spacial score (nSPS) is 12.7. The van der Waals surface area contributed by atoms with Crippen LogP contribution in [-0.4, -0.2) is 33.5 Å². The number of hydrogen-bond donors (Lipinski definition) is 3. The van der Waals surface area contributed by atoms with Crippen LogP contribution in [-0.2, 0) is 4.79 Å². The fraction of sp³-hybridized carbons (Fsp3) is 0.500. The van der Waals surface area contributed by atoms with Crippen molar-refractivity contribution in [3.63, 3.8) is 0 Å². The first-order chi connectivity index (χ1) is 9.10. The molecule has 3 N–H and O–H groups in total. The number of carboxylic acids is 1. The van der Waals surface area contributed by atoms with Crippen LogP contribution in [0.25, 0.3) is 0 Å². The molecule has 0 aliphatic carbocycles. The van der Waals surface area contributed by atoms with E-state index in [0.717, 1.165) is 0 Å².